The molecule has 1 heteroatoms. The summed E-state index contributed by atoms with van der Waals surface area (Å²) in [6, 6.07) is 0. The first-order valence-electron chi connectivity index (χ1n) is 1.72. The van der Waals surface area contributed by atoms with Crippen LogP contribution in [-0.4, -0.2) is 0 Å². The van der Waals surface area contributed by atoms with Gasteiger partial charge in [0.25, 0.3) is 0 Å². The van der Waals surface area contributed by atoms with Crippen LogP contribution >= 0.6 is 0 Å². The van der Waals surface area contributed by atoms with Crippen molar-refractivity contribution in [2.24, 2.45) is 0 Å². The van der Waals surface area contributed by atoms with E-state index in [9.17, 15) is 0 Å². The Morgan fingerprint density at radius 1 is 1.50 bits per heavy atom. The number of allylic oxidation sites excluding steroid dienone is 4. The van der Waals surface area contributed by atoms with Gasteiger partial charge in [-0.1, -0.05) is 0 Å². The molecular weight excluding hydrogens is 219 g/mol. The Hall–Kier alpha value is 0.766. The Labute approximate surface area is 68.8 Å². The van der Waals surface area contributed by atoms with Crippen LogP contribution in [0.3, 0.4) is 0 Å². The molecule has 1 rings (SSSR count). The van der Waals surface area contributed by atoms with Crippen molar-refractivity contribution in [3.05, 3.63) is 24.3 Å². The molecule has 0 spiro atoms. The standard InChI is InChI=1S/C5H5.Tb/c1-2-4-5-3-1;/h1-3H,4H2;/q-1;. The van der Waals surface area contributed by atoms with Gasteiger partial charge >= 0.3 is 0 Å². The van der Waals surface area contributed by atoms with E-state index in [4.69, 9.17) is 0 Å². The van der Waals surface area contributed by atoms with E-state index in [1.54, 1.807) is 0 Å². The van der Waals surface area contributed by atoms with Crippen molar-refractivity contribution in [2.75, 3.05) is 0 Å². The molecule has 6 heavy (non-hydrogen) atoms. The molecule has 1 aliphatic rings. The molecule has 0 saturated carbocycles. The van der Waals surface area contributed by atoms with Crippen LogP contribution < -0.4 is 0 Å². The molecule has 1 aliphatic carbocycles. The van der Waals surface area contributed by atoms with E-state index in [2.05, 4.69) is 12.2 Å². The van der Waals surface area contributed by atoms with Gasteiger partial charge in [-0.3, -0.25) is 6.08 Å². The Bertz CT molecular complexity index is 62.0. The second-order valence-corrected chi connectivity index (χ2v) is 1.00. The van der Waals surface area contributed by atoms with Gasteiger partial charge in [-0.05, 0) is 0 Å². The molecule has 0 bridgehead atoms. The van der Waals surface area contributed by atoms with Gasteiger partial charge in [-0.25, -0.2) is 12.2 Å². The molecule has 0 nitrogen and oxygen atoms in total. The number of hydrogen-bond acceptors (Lipinski definition) is 0. The minimum Gasteiger partial charge on any atom is -0.273 e. The molecular formula is C5H5Tb-. The Balaban J connectivity index is 0.000000250. The van der Waals surface area contributed by atoms with E-state index in [1.807, 2.05) is 12.2 Å². The van der Waals surface area contributed by atoms with Gasteiger partial charge < -0.3 is 0 Å². The largest absolute Gasteiger partial charge is 0.273 e. The Kier molecular flexibility index (Phi) is 4.44. The molecule has 0 unspecified atom stereocenters. The number of rotatable bonds is 0. The van der Waals surface area contributed by atoms with Crippen molar-refractivity contribution >= 4 is 0 Å². The summed E-state index contributed by atoms with van der Waals surface area (Å²) in [7, 11) is 0. The third-order valence-electron chi connectivity index (χ3n) is 0.586. The molecule has 0 atom stereocenters. The van der Waals surface area contributed by atoms with Crippen LogP contribution in [0.5, 0.6) is 0 Å². The SMILES string of the molecule is [C-]1=CC=CC1.[Tb]. The van der Waals surface area contributed by atoms with Crippen molar-refractivity contribution in [2.45, 2.75) is 6.42 Å². The summed E-state index contributed by atoms with van der Waals surface area (Å²) in [5, 5.41) is 0. The fourth-order valence-electron chi connectivity index (χ4n) is 0.340. The van der Waals surface area contributed by atoms with Crippen LogP contribution in [-0.2, 0) is 0 Å². The Morgan fingerprint density at radius 3 is 2.50 bits per heavy atom. The molecule has 0 heterocycles. The van der Waals surface area contributed by atoms with Crippen molar-refractivity contribution in [3.8, 4) is 0 Å². The maximum absolute atomic E-state index is 2.99. The van der Waals surface area contributed by atoms with Crippen LogP contribution in [0.1, 0.15) is 6.42 Å². The van der Waals surface area contributed by atoms with Crippen LogP contribution in [0.4, 0.5) is 0 Å². The summed E-state index contributed by atoms with van der Waals surface area (Å²) in [5.41, 5.74) is 0. The first-order valence-corrected chi connectivity index (χ1v) is 1.72. The first kappa shape index (κ1) is 6.77. The minimum absolute atomic E-state index is 0. The average Bonchev–Trinajstić information content (AvgIpc) is 1.76. The molecule has 35 valence electrons. The Morgan fingerprint density at radius 2 is 2.33 bits per heavy atom. The second kappa shape index (κ2) is 3.94. The average molecular weight is 224 g/mol. The van der Waals surface area contributed by atoms with Crippen molar-refractivity contribution in [1.82, 2.24) is 0 Å². The van der Waals surface area contributed by atoms with Crippen molar-refractivity contribution in [1.29, 1.82) is 0 Å². The third kappa shape index (κ3) is 2.03. The maximum atomic E-state index is 2.99. The fourth-order valence-corrected chi connectivity index (χ4v) is 0.340. The van der Waals surface area contributed by atoms with Crippen LogP contribution in [0.2, 0.25) is 0 Å². The molecule has 0 N–H and O–H groups in total. The van der Waals surface area contributed by atoms with Crippen LogP contribution in [0.15, 0.2) is 18.2 Å². The minimum atomic E-state index is 0. The van der Waals surface area contributed by atoms with Gasteiger partial charge in [0.05, 0.1) is 0 Å². The molecule has 0 aromatic rings. The summed E-state index contributed by atoms with van der Waals surface area (Å²) >= 11 is 0. The van der Waals surface area contributed by atoms with E-state index < -0.39 is 0 Å². The van der Waals surface area contributed by atoms with Crippen LogP contribution in [0, 0.1) is 44.7 Å². The third-order valence-corrected chi connectivity index (χ3v) is 0.586. The molecule has 1 radical (unpaired) electrons. The van der Waals surface area contributed by atoms with Gasteiger partial charge in [-0.15, -0.1) is 6.42 Å². The monoisotopic (exact) mass is 224 g/mol. The van der Waals surface area contributed by atoms with Crippen molar-refractivity contribution < 1.29 is 38.6 Å². The van der Waals surface area contributed by atoms with Gasteiger partial charge in [0.1, 0.15) is 0 Å². The first-order chi connectivity index (χ1) is 2.50. The topological polar surface area (TPSA) is 0 Å². The summed E-state index contributed by atoms with van der Waals surface area (Å²) in [6.07, 6.45) is 10.0. The predicted molar refractivity (Wildman–Crippen MR) is 21.6 cm³/mol. The molecule has 0 amide bonds. The summed E-state index contributed by atoms with van der Waals surface area (Å²) in [5.74, 6) is 0. The van der Waals surface area contributed by atoms with Gasteiger partial charge in [0.2, 0.25) is 0 Å². The predicted octanol–water partition coefficient (Wildman–Crippen LogP) is 1.31. The van der Waals surface area contributed by atoms with Crippen molar-refractivity contribution in [3.63, 3.8) is 0 Å². The molecule has 0 fully saturated rings. The molecule has 0 saturated heterocycles. The maximum Gasteiger partial charge on any atom is 0 e. The summed E-state index contributed by atoms with van der Waals surface area (Å²) in [4.78, 5) is 0. The van der Waals surface area contributed by atoms with Gasteiger partial charge in [-0.2, -0.15) is 6.08 Å². The normalized spacial score (nSPS) is 14.7. The molecule has 0 aliphatic heterocycles. The molecule has 0 aromatic carbocycles. The summed E-state index contributed by atoms with van der Waals surface area (Å²) < 4.78 is 0. The van der Waals surface area contributed by atoms with E-state index >= 15 is 0 Å². The zero-order chi connectivity index (χ0) is 3.54. The van der Waals surface area contributed by atoms with E-state index in [-0.39, 0.29) is 38.6 Å². The van der Waals surface area contributed by atoms with E-state index in [0.29, 0.717) is 0 Å². The van der Waals surface area contributed by atoms with E-state index in [0.717, 1.165) is 6.42 Å². The second-order valence-electron chi connectivity index (χ2n) is 1.00. The quantitative estimate of drug-likeness (QED) is 0.544. The summed E-state index contributed by atoms with van der Waals surface area (Å²) in [6.45, 7) is 0. The van der Waals surface area contributed by atoms with E-state index in [1.165, 1.54) is 0 Å². The van der Waals surface area contributed by atoms with Gasteiger partial charge in [0.15, 0.2) is 0 Å². The fraction of sp³-hybridized carbons (Fsp3) is 0.200. The number of hydrogen-bond donors (Lipinski definition) is 0. The van der Waals surface area contributed by atoms with Gasteiger partial charge in [0, 0.05) is 38.6 Å². The van der Waals surface area contributed by atoms with Crippen LogP contribution in [0.25, 0.3) is 0 Å². The zero-order valence-corrected chi connectivity index (χ0v) is 5.41. The zero-order valence-electron chi connectivity index (χ0n) is 3.27. The smallest absolute Gasteiger partial charge is 0 e. The molecule has 0 aromatic heterocycles.